The maximum absolute atomic E-state index is 11.6. The SMILES string of the molecule is CCNC(=NCCNC(=O)C1CC1)NC1CCN(c2ccccc2)C1. The number of carbonyl (C=O) groups excluding carboxylic acids is 1. The fraction of sp³-hybridized carbons (Fsp3) is 0.579. The van der Waals surface area contributed by atoms with Crippen LogP contribution in [0.2, 0.25) is 0 Å². The van der Waals surface area contributed by atoms with Gasteiger partial charge in [0, 0.05) is 43.8 Å². The van der Waals surface area contributed by atoms with E-state index in [9.17, 15) is 4.79 Å². The smallest absolute Gasteiger partial charge is 0.223 e. The summed E-state index contributed by atoms with van der Waals surface area (Å²) in [6, 6.07) is 10.9. The molecule has 1 aromatic carbocycles. The van der Waals surface area contributed by atoms with Crippen molar-refractivity contribution in [3.05, 3.63) is 30.3 Å². The molecule has 1 saturated heterocycles. The van der Waals surface area contributed by atoms with Gasteiger partial charge in [0.05, 0.1) is 6.54 Å². The van der Waals surface area contributed by atoms with E-state index in [2.05, 4.69) is 57.0 Å². The predicted molar refractivity (Wildman–Crippen MR) is 102 cm³/mol. The molecule has 1 aliphatic carbocycles. The third-order valence-corrected chi connectivity index (χ3v) is 4.62. The third-order valence-electron chi connectivity index (χ3n) is 4.62. The van der Waals surface area contributed by atoms with Gasteiger partial charge in [-0.05, 0) is 38.3 Å². The Kier molecular flexibility index (Phi) is 6.14. The van der Waals surface area contributed by atoms with E-state index in [0.29, 0.717) is 19.1 Å². The van der Waals surface area contributed by atoms with Gasteiger partial charge in [0.25, 0.3) is 0 Å². The fourth-order valence-corrected chi connectivity index (χ4v) is 3.10. The van der Waals surface area contributed by atoms with Gasteiger partial charge in [0.1, 0.15) is 0 Å². The average Bonchev–Trinajstić information content (AvgIpc) is 3.39. The molecule has 3 rings (SSSR count). The molecule has 1 saturated carbocycles. The normalized spacial score (nSPS) is 20.4. The van der Waals surface area contributed by atoms with E-state index >= 15 is 0 Å². The fourth-order valence-electron chi connectivity index (χ4n) is 3.10. The molecule has 1 aliphatic heterocycles. The van der Waals surface area contributed by atoms with Crippen molar-refractivity contribution < 1.29 is 4.79 Å². The van der Waals surface area contributed by atoms with Crippen LogP contribution in [0, 0.1) is 5.92 Å². The Morgan fingerprint density at radius 2 is 2.00 bits per heavy atom. The molecule has 0 radical (unpaired) electrons. The molecule has 136 valence electrons. The van der Waals surface area contributed by atoms with Gasteiger partial charge in [-0.1, -0.05) is 18.2 Å². The monoisotopic (exact) mass is 343 g/mol. The first kappa shape index (κ1) is 17.6. The molecule has 6 nitrogen and oxygen atoms in total. The number of anilines is 1. The molecule has 1 atom stereocenters. The summed E-state index contributed by atoms with van der Waals surface area (Å²) in [5.74, 6) is 1.28. The van der Waals surface area contributed by atoms with Crippen LogP contribution in [0.25, 0.3) is 0 Å². The van der Waals surface area contributed by atoms with Crippen LogP contribution < -0.4 is 20.9 Å². The van der Waals surface area contributed by atoms with Crippen molar-refractivity contribution in [3.63, 3.8) is 0 Å². The number of carbonyl (C=O) groups is 1. The summed E-state index contributed by atoms with van der Waals surface area (Å²) in [6.45, 7) is 6.13. The lowest BCUT2D eigenvalue weighted by molar-refractivity contribution is -0.122. The van der Waals surface area contributed by atoms with Gasteiger partial charge < -0.3 is 20.9 Å². The van der Waals surface area contributed by atoms with E-state index in [1.54, 1.807) is 0 Å². The first-order valence-corrected chi connectivity index (χ1v) is 9.39. The minimum absolute atomic E-state index is 0.183. The van der Waals surface area contributed by atoms with Crippen molar-refractivity contribution in [1.82, 2.24) is 16.0 Å². The van der Waals surface area contributed by atoms with Crippen LogP contribution in [0.4, 0.5) is 5.69 Å². The van der Waals surface area contributed by atoms with Crippen LogP contribution >= 0.6 is 0 Å². The quantitative estimate of drug-likeness (QED) is 0.397. The summed E-state index contributed by atoms with van der Waals surface area (Å²) in [5.41, 5.74) is 1.27. The molecule has 0 spiro atoms. The molecular formula is C19H29N5O. The van der Waals surface area contributed by atoms with Crippen LogP contribution in [0.5, 0.6) is 0 Å². The Bertz CT molecular complexity index is 585. The molecule has 25 heavy (non-hydrogen) atoms. The molecule has 2 fully saturated rings. The molecule has 1 unspecified atom stereocenters. The van der Waals surface area contributed by atoms with Crippen molar-refractivity contribution >= 4 is 17.6 Å². The Labute approximate surface area is 150 Å². The highest BCUT2D eigenvalue weighted by Crippen LogP contribution is 2.28. The second kappa shape index (κ2) is 8.74. The summed E-state index contributed by atoms with van der Waals surface area (Å²) < 4.78 is 0. The second-order valence-corrected chi connectivity index (χ2v) is 6.74. The number of hydrogen-bond donors (Lipinski definition) is 3. The average molecular weight is 343 g/mol. The van der Waals surface area contributed by atoms with Gasteiger partial charge >= 0.3 is 0 Å². The molecular weight excluding hydrogens is 314 g/mol. The highest BCUT2D eigenvalue weighted by atomic mass is 16.2. The number of benzene rings is 1. The number of amides is 1. The minimum Gasteiger partial charge on any atom is -0.369 e. The van der Waals surface area contributed by atoms with Gasteiger partial charge in [-0.25, -0.2) is 0 Å². The first-order valence-electron chi connectivity index (χ1n) is 9.39. The van der Waals surface area contributed by atoms with Gasteiger partial charge in [0.15, 0.2) is 5.96 Å². The molecule has 2 aliphatic rings. The van der Waals surface area contributed by atoms with Crippen molar-refractivity contribution in [2.24, 2.45) is 10.9 Å². The molecule has 1 heterocycles. The van der Waals surface area contributed by atoms with Gasteiger partial charge in [0.2, 0.25) is 5.91 Å². The number of aliphatic imine (C=N–C) groups is 1. The van der Waals surface area contributed by atoms with E-state index in [0.717, 1.165) is 44.9 Å². The van der Waals surface area contributed by atoms with E-state index in [1.807, 2.05) is 6.07 Å². The molecule has 6 heteroatoms. The Morgan fingerprint density at radius 1 is 1.20 bits per heavy atom. The summed E-state index contributed by atoms with van der Waals surface area (Å²) in [5, 5.41) is 9.77. The predicted octanol–water partition coefficient (Wildman–Crippen LogP) is 1.35. The van der Waals surface area contributed by atoms with E-state index < -0.39 is 0 Å². The summed E-state index contributed by atoms with van der Waals surface area (Å²) in [6.07, 6.45) is 3.18. The summed E-state index contributed by atoms with van der Waals surface area (Å²) in [7, 11) is 0. The number of guanidine groups is 1. The van der Waals surface area contributed by atoms with E-state index in [-0.39, 0.29) is 11.8 Å². The van der Waals surface area contributed by atoms with E-state index in [4.69, 9.17) is 0 Å². The zero-order valence-corrected chi connectivity index (χ0v) is 15.0. The molecule has 1 amide bonds. The third kappa shape index (κ3) is 5.37. The topological polar surface area (TPSA) is 68.8 Å². The Hall–Kier alpha value is -2.24. The molecule has 0 bridgehead atoms. The first-order chi connectivity index (χ1) is 12.3. The highest BCUT2D eigenvalue weighted by Gasteiger charge is 2.29. The van der Waals surface area contributed by atoms with Crippen LogP contribution in [0.3, 0.4) is 0 Å². The molecule has 0 aromatic heterocycles. The maximum atomic E-state index is 11.6. The largest absolute Gasteiger partial charge is 0.369 e. The lowest BCUT2D eigenvalue weighted by atomic mass is 10.3. The Balaban J connectivity index is 1.44. The lowest BCUT2D eigenvalue weighted by Gasteiger charge is -2.20. The minimum atomic E-state index is 0.183. The van der Waals surface area contributed by atoms with Crippen molar-refractivity contribution in [3.8, 4) is 0 Å². The zero-order valence-electron chi connectivity index (χ0n) is 15.0. The summed E-state index contributed by atoms with van der Waals surface area (Å²) >= 11 is 0. The molecule has 1 aromatic rings. The van der Waals surface area contributed by atoms with Crippen LogP contribution in [-0.2, 0) is 4.79 Å². The van der Waals surface area contributed by atoms with Crippen molar-refractivity contribution in [1.29, 1.82) is 0 Å². The van der Waals surface area contributed by atoms with Gasteiger partial charge in [-0.2, -0.15) is 0 Å². The van der Waals surface area contributed by atoms with Gasteiger partial charge in [-0.3, -0.25) is 9.79 Å². The standard InChI is InChI=1S/C19H29N5O/c1-2-20-19(22-12-11-21-18(25)15-8-9-15)23-16-10-13-24(14-16)17-6-4-3-5-7-17/h3-7,15-16H,2,8-14H2,1H3,(H,21,25)(H2,20,22,23). The number of nitrogens with one attached hydrogen (secondary N) is 3. The van der Waals surface area contributed by atoms with Crippen LogP contribution in [0.15, 0.2) is 35.3 Å². The second-order valence-electron chi connectivity index (χ2n) is 6.74. The highest BCUT2D eigenvalue weighted by molar-refractivity contribution is 5.81. The van der Waals surface area contributed by atoms with Crippen molar-refractivity contribution in [2.75, 3.05) is 37.6 Å². The lowest BCUT2D eigenvalue weighted by Crippen LogP contribution is -2.45. The number of rotatable bonds is 7. The van der Waals surface area contributed by atoms with Gasteiger partial charge in [-0.15, -0.1) is 0 Å². The molecule has 3 N–H and O–H groups in total. The number of para-hydroxylation sites is 1. The van der Waals surface area contributed by atoms with Crippen molar-refractivity contribution in [2.45, 2.75) is 32.2 Å². The van der Waals surface area contributed by atoms with Crippen LogP contribution in [-0.4, -0.2) is 50.6 Å². The Morgan fingerprint density at radius 3 is 2.72 bits per heavy atom. The summed E-state index contributed by atoms with van der Waals surface area (Å²) in [4.78, 5) is 18.6. The number of nitrogens with zero attached hydrogens (tertiary/aromatic N) is 2. The number of hydrogen-bond acceptors (Lipinski definition) is 3. The maximum Gasteiger partial charge on any atom is 0.223 e. The van der Waals surface area contributed by atoms with E-state index in [1.165, 1.54) is 5.69 Å². The zero-order chi connectivity index (χ0) is 17.5. The van der Waals surface area contributed by atoms with Crippen LogP contribution in [0.1, 0.15) is 26.2 Å².